The summed E-state index contributed by atoms with van der Waals surface area (Å²) in [6.07, 6.45) is -2.44. The molecule has 2 aromatic heterocycles. The van der Waals surface area contributed by atoms with Crippen LogP contribution in [0.4, 0.5) is 26.3 Å². The van der Waals surface area contributed by atoms with Crippen molar-refractivity contribution in [3.63, 3.8) is 0 Å². The molecular formula is C38H44F6N6OS. The lowest BCUT2D eigenvalue weighted by molar-refractivity contribution is 0.0711. The number of hydrogen-bond donors (Lipinski definition) is 0. The molecule has 2 aliphatic carbocycles. The van der Waals surface area contributed by atoms with Crippen molar-refractivity contribution in [3.8, 4) is 0 Å². The van der Waals surface area contributed by atoms with Gasteiger partial charge in [0, 0.05) is 39.3 Å². The summed E-state index contributed by atoms with van der Waals surface area (Å²) in [5.74, 6) is -1.96. The van der Waals surface area contributed by atoms with Gasteiger partial charge in [-0.25, -0.2) is 26.9 Å². The highest BCUT2D eigenvalue weighted by Crippen LogP contribution is 2.36. The first-order valence-electron chi connectivity index (χ1n) is 17.4. The Morgan fingerprint density at radius 3 is 1.52 bits per heavy atom. The van der Waals surface area contributed by atoms with E-state index in [0.29, 0.717) is 17.1 Å². The average molecular weight is 747 g/mol. The van der Waals surface area contributed by atoms with Crippen LogP contribution in [-0.4, -0.2) is 52.3 Å². The Kier molecular flexibility index (Phi) is 12.2. The molecule has 14 heteroatoms. The van der Waals surface area contributed by atoms with Crippen molar-refractivity contribution < 1.29 is 31.1 Å². The number of nitrogens with zero attached hydrogens (tertiary/aromatic N) is 6. The van der Waals surface area contributed by atoms with Gasteiger partial charge in [0.2, 0.25) is 11.9 Å². The van der Waals surface area contributed by atoms with Crippen molar-refractivity contribution in [1.29, 1.82) is 0 Å². The van der Waals surface area contributed by atoms with E-state index in [1.165, 1.54) is 24.6 Å². The summed E-state index contributed by atoms with van der Waals surface area (Å²) in [4.78, 5) is 16.5. The maximum Gasteiger partial charge on any atom is 0.283 e. The number of amides is 1. The van der Waals surface area contributed by atoms with Crippen molar-refractivity contribution in [1.82, 2.24) is 29.4 Å². The van der Waals surface area contributed by atoms with E-state index in [9.17, 15) is 31.1 Å². The first kappa shape index (κ1) is 39.0. The monoisotopic (exact) mass is 746 g/mol. The van der Waals surface area contributed by atoms with Crippen LogP contribution in [-0.2, 0) is 27.2 Å². The zero-order chi connectivity index (χ0) is 38.0. The van der Waals surface area contributed by atoms with Gasteiger partial charge in [-0.1, -0.05) is 88.4 Å². The minimum atomic E-state index is -3.01. The first-order chi connectivity index (χ1) is 24.6. The number of aryl methyl sites for hydroxylation is 2. The summed E-state index contributed by atoms with van der Waals surface area (Å²) in [7, 11) is 2.52. The van der Waals surface area contributed by atoms with Crippen LogP contribution >= 0.6 is 12.2 Å². The number of benzene rings is 2. The molecule has 4 aromatic rings. The molecule has 2 fully saturated rings. The quantitative estimate of drug-likeness (QED) is 0.107. The summed E-state index contributed by atoms with van der Waals surface area (Å²) in [6, 6.07) is 15.8. The lowest BCUT2D eigenvalue weighted by Gasteiger charge is -2.27. The highest BCUT2D eigenvalue weighted by molar-refractivity contribution is 7.80. The van der Waals surface area contributed by atoms with E-state index in [2.05, 4.69) is 44.0 Å². The van der Waals surface area contributed by atoms with Gasteiger partial charge in [-0.15, -0.1) is 0 Å². The lowest BCUT2D eigenvalue weighted by Crippen LogP contribution is -2.34. The molecule has 2 saturated carbocycles. The molecule has 7 nitrogen and oxygen atoms in total. The van der Waals surface area contributed by atoms with Crippen molar-refractivity contribution >= 4 is 23.1 Å². The zero-order valence-corrected chi connectivity index (χ0v) is 30.9. The SMILES string of the molecule is CC(C)c1ccccc1CN(C(=O)c1c(C(F)F)nn(C)c1F)C1CC1.CC(C)c1ccccc1CN(C(=S)c1c(C(F)F)nn(C)c1F)C1CC1. The number of aromatic nitrogens is 4. The van der Waals surface area contributed by atoms with Crippen molar-refractivity contribution in [2.75, 3.05) is 0 Å². The third-order valence-corrected chi connectivity index (χ3v) is 9.82. The minimum absolute atomic E-state index is 0.0483. The van der Waals surface area contributed by atoms with Crippen molar-refractivity contribution in [2.24, 2.45) is 14.1 Å². The molecule has 52 heavy (non-hydrogen) atoms. The molecule has 0 unspecified atom stereocenters. The van der Waals surface area contributed by atoms with Gasteiger partial charge in [0.05, 0.1) is 5.56 Å². The van der Waals surface area contributed by atoms with Gasteiger partial charge in [0.25, 0.3) is 18.8 Å². The van der Waals surface area contributed by atoms with Gasteiger partial charge in [0.15, 0.2) is 0 Å². The number of halogens is 6. The fraction of sp³-hybridized carbons (Fsp3) is 0.474. The number of carbonyl (C=O) groups excluding carboxylic acids is 1. The van der Waals surface area contributed by atoms with Gasteiger partial charge in [-0.3, -0.25) is 4.79 Å². The van der Waals surface area contributed by atoms with Crippen LogP contribution in [0.3, 0.4) is 0 Å². The van der Waals surface area contributed by atoms with E-state index < -0.39 is 47.6 Å². The Hall–Kier alpha value is -4.20. The Labute approximate surface area is 305 Å². The fourth-order valence-corrected chi connectivity index (χ4v) is 6.79. The van der Waals surface area contributed by atoms with E-state index in [4.69, 9.17) is 12.2 Å². The molecule has 2 heterocycles. The molecule has 6 rings (SSSR count). The molecule has 0 bridgehead atoms. The Morgan fingerprint density at radius 1 is 0.712 bits per heavy atom. The predicted molar refractivity (Wildman–Crippen MR) is 190 cm³/mol. The zero-order valence-electron chi connectivity index (χ0n) is 30.1. The second kappa shape index (κ2) is 16.2. The van der Waals surface area contributed by atoms with Crippen LogP contribution < -0.4 is 0 Å². The number of rotatable bonds is 12. The molecule has 280 valence electrons. The van der Waals surface area contributed by atoms with E-state index >= 15 is 0 Å². The maximum atomic E-state index is 14.5. The smallest absolute Gasteiger partial charge is 0.283 e. The van der Waals surface area contributed by atoms with Crippen LogP contribution in [0, 0.1) is 11.9 Å². The summed E-state index contributed by atoms with van der Waals surface area (Å²) < 4.78 is 83.5. The molecule has 0 aliphatic heterocycles. The van der Waals surface area contributed by atoms with Crippen LogP contribution in [0.5, 0.6) is 0 Å². The van der Waals surface area contributed by atoms with Crippen molar-refractivity contribution in [3.05, 3.63) is 105 Å². The largest absolute Gasteiger partial charge is 0.355 e. The van der Waals surface area contributed by atoms with Crippen molar-refractivity contribution in [2.45, 2.75) is 103 Å². The van der Waals surface area contributed by atoms with Crippen LogP contribution in [0.2, 0.25) is 0 Å². The highest BCUT2D eigenvalue weighted by atomic mass is 32.1. The number of thiocarbonyl (C=S) groups is 1. The summed E-state index contributed by atoms with van der Waals surface area (Å²) in [5.41, 5.74) is 2.07. The Morgan fingerprint density at radius 2 is 1.10 bits per heavy atom. The number of hydrogen-bond acceptors (Lipinski definition) is 4. The molecule has 0 atom stereocenters. The van der Waals surface area contributed by atoms with Crippen LogP contribution in [0.1, 0.15) is 128 Å². The second-order valence-electron chi connectivity index (χ2n) is 14.0. The normalized spacial score (nSPS) is 14.3. The minimum Gasteiger partial charge on any atom is -0.355 e. The summed E-state index contributed by atoms with van der Waals surface area (Å²) >= 11 is 5.47. The first-order valence-corrected chi connectivity index (χ1v) is 17.8. The van der Waals surface area contributed by atoms with Gasteiger partial charge in [0.1, 0.15) is 21.9 Å². The number of carbonyl (C=O) groups is 1. The molecular weight excluding hydrogens is 703 g/mol. The van der Waals surface area contributed by atoms with Crippen LogP contribution in [0.25, 0.3) is 0 Å². The molecule has 2 aliphatic rings. The Bertz CT molecular complexity index is 1760. The lowest BCUT2D eigenvalue weighted by atomic mass is 9.97. The molecule has 0 spiro atoms. The van der Waals surface area contributed by atoms with E-state index in [0.717, 1.165) is 47.1 Å². The maximum absolute atomic E-state index is 14.5. The van der Waals surface area contributed by atoms with Gasteiger partial charge in [-0.2, -0.15) is 19.0 Å². The highest BCUT2D eigenvalue weighted by Gasteiger charge is 2.39. The van der Waals surface area contributed by atoms with Gasteiger partial charge < -0.3 is 9.80 Å². The van der Waals surface area contributed by atoms with Gasteiger partial charge in [-0.05, 0) is 59.8 Å². The fourth-order valence-electron chi connectivity index (χ4n) is 6.39. The van der Waals surface area contributed by atoms with Crippen LogP contribution in [0.15, 0.2) is 48.5 Å². The second-order valence-corrected chi connectivity index (χ2v) is 14.4. The summed E-state index contributed by atoms with van der Waals surface area (Å²) in [6.45, 7) is 9.07. The topological polar surface area (TPSA) is 59.2 Å². The third-order valence-electron chi connectivity index (χ3n) is 9.38. The third kappa shape index (κ3) is 8.53. The summed E-state index contributed by atoms with van der Waals surface area (Å²) in [5, 5.41) is 7.11. The average Bonchev–Trinajstić information content (AvgIpc) is 4.04. The van der Waals surface area contributed by atoms with E-state index in [1.54, 1.807) is 0 Å². The molecule has 1 amide bonds. The molecule has 2 aromatic carbocycles. The standard InChI is InChI=1S/C19H22F3N3O.C19H22F3N3S/c2*1-11(2)14-7-5-4-6-12(14)10-25(13-8-9-13)19(26)15-16(17(20)21)23-24(3)18(15)22/h2*4-7,11,13,17H,8-10H2,1-3H3. The molecule has 0 saturated heterocycles. The number of alkyl halides is 4. The molecule has 0 radical (unpaired) electrons. The van der Waals surface area contributed by atoms with E-state index in [1.807, 2.05) is 47.4 Å². The van der Waals surface area contributed by atoms with E-state index in [-0.39, 0.29) is 35.1 Å². The molecule has 0 N–H and O–H groups in total. The predicted octanol–water partition coefficient (Wildman–Crippen LogP) is 9.39. The van der Waals surface area contributed by atoms with Gasteiger partial charge >= 0.3 is 0 Å². The Balaban J connectivity index is 0.000000201.